The van der Waals surface area contributed by atoms with E-state index in [1.54, 1.807) is 6.07 Å². The first-order valence-electron chi connectivity index (χ1n) is 7.52. The molecule has 2 rings (SSSR count). The molecule has 1 heterocycles. The molecule has 0 radical (unpaired) electrons. The van der Waals surface area contributed by atoms with Crippen molar-refractivity contribution in [2.45, 2.75) is 39.0 Å². The highest BCUT2D eigenvalue weighted by Gasteiger charge is 2.31. The molecule has 0 spiro atoms. The van der Waals surface area contributed by atoms with Crippen LogP contribution in [-0.4, -0.2) is 30.6 Å². The van der Waals surface area contributed by atoms with Gasteiger partial charge in [-0.25, -0.2) is 0 Å². The Bertz CT molecular complexity index is 459. The summed E-state index contributed by atoms with van der Waals surface area (Å²) in [4.78, 5) is 2.31. The van der Waals surface area contributed by atoms with E-state index in [0.29, 0.717) is 18.5 Å². The van der Waals surface area contributed by atoms with Crippen LogP contribution in [0.25, 0.3) is 0 Å². The Kier molecular flexibility index (Phi) is 5.27. The molecule has 2 atom stereocenters. The summed E-state index contributed by atoms with van der Waals surface area (Å²) in [7, 11) is 0. The third kappa shape index (κ3) is 4.20. The normalized spacial score (nSPS) is 22.2. The second-order valence-corrected chi connectivity index (χ2v) is 5.83. The maximum Gasteiger partial charge on any atom is 0.416 e. The Morgan fingerprint density at radius 1 is 1.38 bits per heavy atom. The summed E-state index contributed by atoms with van der Waals surface area (Å²) in [6.45, 7) is 7.63. The van der Waals surface area contributed by atoms with Crippen LogP contribution in [0.3, 0.4) is 0 Å². The second kappa shape index (κ2) is 6.79. The standard InChI is InChI=1S/C16H23F3N2/c1-3-12(2)15-10-20-7-8-21(15)11-13-5-4-6-14(9-13)16(17,18)19/h4-6,9,12,15,20H,3,7-8,10-11H2,1-2H3. The number of alkyl halides is 3. The van der Waals surface area contributed by atoms with Crippen molar-refractivity contribution in [1.29, 1.82) is 0 Å². The highest BCUT2D eigenvalue weighted by Crippen LogP contribution is 2.30. The summed E-state index contributed by atoms with van der Waals surface area (Å²) >= 11 is 0. The van der Waals surface area contributed by atoms with Crippen molar-refractivity contribution in [3.8, 4) is 0 Å². The van der Waals surface area contributed by atoms with Crippen LogP contribution in [0.2, 0.25) is 0 Å². The van der Waals surface area contributed by atoms with Gasteiger partial charge in [-0.3, -0.25) is 4.90 Å². The number of benzene rings is 1. The monoisotopic (exact) mass is 300 g/mol. The van der Waals surface area contributed by atoms with Gasteiger partial charge in [0.05, 0.1) is 5.56 Å². The predicted molar refractivity (Wildman–Crippen MR) is 78.0 cm³/mol. The highest BCUT2D eigenvalue weighted by molar-refractivity contribution is 5.25. The molecule has 1 aliphatic rings. The van der Waals surface area contributed by atoms with Crippen molar-refractivity contribution in [3.05, 3.63) is 35.4 Å². The fraction of sp³-hybridized carbons (Fsp3) is 0.625. The van der Waals surface area contributed by atoms with Crippen LogP contribution in [0.15, 0.2) is 24.3 Å². The minimum Gasteiger partial charge on any atom is -0.314 e. The van der Waals surface area contributed by atoms with E-state index in [4.69, 9.17) is 0 Å². The molecular formula is C16H23F3N2. The molecule has 2 unspecified atom stereocenters. The van der Waals surface area contributed by atoms with E-state index < -0.39 is 11.7 Å². The number of nitrogens with one attached hydrogen (secondary N) is 1. The van der Waals surface area contributed by atoms with Gasteiger partial charge in [-0.05, 0) is 17.5 Å². The van der Waals surface area contributed by atoms with Crippen molar-refractivity contribution in [1.82, 2.24) is 10.2 Å². The summed E-state index contributed by atoms with van der Waals surface area (Å²) in [5.74, 6) is 0.531. The molecule has 5 heteroatoms. The number of hydrogen-bond acceptors (Lipinski definition) is 2. The number of hydrogen-bond donors (Lipinski definition) is 1. The lowest BCUT2D eigenvalue weighted by Crippen LogP contribution is -2.53. The number of nitrogens with zero attached hydrogens (tertiary/aromatic N) is 1. The van der Waals surface area contributed by atoms with Gasteiger partial charge < -0.3 is 5.32 Å². The largest absolute Gasteiger partial charge is 0.416 e. The van der Waals surface area contributed by atoms with Crippen molar-refractivity contribution in [3.63, 3.8) is 0 Å². The second-order valence-electron chi connectivity index (χ2n) is 5.83. The van der Waals surface area contributed by atoms with Crippen molar-refractivity contribution in [2.24, 2.45) is 5.92 Å². The van der Waals surface area contributed by atoms with E-state index in [1.807, 2.05) is 0 Å². The topological polar surface area (TPSA) is 15.3 Å². The Balaban J connectivity index is 2.12. The van der Waals surface area contributed by atoms with Crippen molar-refractivity contribution < 1.29 is 13.2 Å². The molecular weight excluding hydrogens is 277 g/mol. The van der Waals surface area contributed by atoms with Crippen molar-refractivity contribution in [2.75, 3.05) is 19.6 Å². The van der Waals surface area contributed by atoms with E-state index in [9.17, 15) is 13.2 Å². The molecule has 118 valence electrons. The SMILES string of the molecule is CCC(C)C1CNCCN1Cc1cccc(C(F)(F)F)c1. The van der Waals surface area contributed by atoms with Crippen LogP contribution < -0.4 is 5.32 Å². The van der Waals surface area contributed by atoms with E-state index >= 15 is 0 Å². The van der Waals surface area contributed by atoms with Gasteiger partial charge in [-0.1, -0.05) is 38.5 Å². The van der Waals surface area contributed by atoms with Crippen LogP contribution >= 0.6 is 0 Å². The first-order chi connectivity index (χ1) is 9.91. The minimum absolute atomic E-state index is 0.387. The average Bonchev–Trinajstić information content (AvgIpc) is 2.46. The predicted octanol–water partition coefficient (Wildman–Crippen LogP) is 3.53. The highest BCUT2D eigenvalue weighted by atomic mass is 19.4. The van der Waals surface area contributed by atoms with Gasteiger partial charge in [-0.2, -0.15) is 13.2 Å². The third-order valence-corrected chi connectivity index (χ3v) is 4.34. The Hall–Kier alpha value is -1.07. The summed E-state index contributed by atoms with van der Waals surface area (Å²) in [6, 6.07) is 6.07. The molecule has 0 saturated carbocycles. The molecule has 1 aliphatic heterocycles. The molecule has 1 aromatic rings. The third-order valence-electron chi connectivity index (χ3n) is 4.34. The van der Waals surface area contributed by atoms with Gasteiger partial charge >= 0.3 is 6.18 Å². The lowest BCUT2D eigenvalue weighted by Gasteiger charge is -2.39. The average molecular weight is 300 g/mol. The Morgan fingerprint density at radius 3 is 2.81 bits per heavy atom. The van der Waals surface area contributed by atoms with E-state index in [2.05, 4.69) is 24.1 Å². The van der Waals surface area contributed by atoms with Crippen LogP contribution in [0, 0.1) is 5.92 Å². The lowest BCUT2D eigenvalue weighted by atomic mass is 9.95. The van der Waals surface area contributed by atoms with E-state index in [0.717, 1.165) is 37.7 Å². The summed E-state index contributed by atoms with van der Waals surface area (Å²) < 4.78 is 38.3. The molecule has 21 heavy (non-hydrogen) atoms. The molecule has 1 aromatic carbocycles. The maximum atomic E-state index is 12.8. The quantitative estimate of drug-likeness (QED) is 0.915. The van der Waals surface area contributed by atoms with Gasteiger partial charge in [0.1, 0.15) is 0 Å². The van der Waals surface area contributed by atoms with Gasteiger partial charge in [0.2, 0.25) is 0 Å². The zero-order valence-corrected chi connectivity index (χ0v) is 12.6. The van der Waals surface area contributed by atoms with Crippen molar-refractivity contribution >= 4 is 0 Å². The van der Waals surface area contributed by atoms with Crippen LogP contribution in [0.5, 0.6) is 0 Å². The van der Waals surface area contributed by atoms with E-state index in [-0.39, 0.29) is 0 Å². The van der Waals surface area contributed by atoms with Gasteiger partial charge in [0, 0.05) is 32.2 Å². The molecule has 0 amide bonds. The van der Waals surface area contributed by atoms with Gasteiger partial charge in [0.15, 0.2) is 0 Å². The summed E-state index contributed by atoms with van der Waals surface area (Å²) in [6.07, 6.45) is -3.19. The molecule has 1 N–H and O–H groups in total. The van der Waals surface area contributed by atoms with Crippen LogP contribution in [0.4, 0.5) is 13.2 Å². The molecule has 2 nitrogen and oxygen atoms in total. The fourth-order valence-corrected chi connectivity index (χ4v) is 2.88. The summed E-state index contributed by atoms with van der Waals surface area (Å²) in [5, 5.41) is 3.38. The van der Waals surface area contributed by atoms with Crippen LogP contribution in [-0.2, 0) is 12.7 Å². The number of halogens is 3. The number of piperazine rings is 1. The maximum absolute atomic E-state index is 12.8. The molecule has 0 bridgehead atoms. The summed E-state index contributed by atoms with van der Waals surface area (Å²) in [5.41, 5.74) is 0.176. The Labute approximate surface area is 124 Å². The zero-order valence-electron chi connectivity index (χ0n) is 12.6. The Morgan fingerprint density at radius 2 is 2.14 bits per heavy atom. The molecule has 0 aromatic heterocycles. The first-order valence-corrected chi connectivity index (χ1v) is 7.52. The number of rotatable bonds is 4. The van der Waals surface area contributed by atoms with Gasteiger partial charge in [-0.15, -0.1) is 0 Å². The van der Waals surface area contributed by atoms with Gasteiger partial charge in [0.25, 0.3) is 0 Å². The smallest absolute Gasteiger partial charge is 0.314 e. The first kappa shape index (κ1) is 16.3. The van der Waals surface area contributed by atoms with E-state index in [1.165, 1.54) is 12.1 Å². The minimum atomic E-state index is -4.27. The van der Waals surface area contributed by atoms with Crippen LogP contribution in [0.1, 0.15) is 31.4 Å². The molecule has 1 saturated heterocycles. The zero-order chi connectivity index (χ0) is 15.5. The fourth-order valence-electron chi connectivity index (χ4n) is 2.88. The lowest BCUT2D eigenvalue weighted by molar-refractivity contribution is -0.137. The molecule has 0 aliphatic carbocycles. The molecule has 1 fully saturated rings.